The lowest BCUT2D eigenvalue weighted by Gasteiger charge is -2.11. The molecule has 0 amide bonds. The normalized spacial score (nSPS) is 11.2. The molecular formula is C17H10F4O3S. The molecular weight excluding hydrogens is 360 g/mol. The van der Waals surface area contributed by atoms with Crippen LogP contribution in [0.3, 0.4) is 0 Å². The second-order valence-corrected chi connectivity index (χ2v) is 6.25. The first-order valence-electron chi connectivity index (χ1n) is 6.96. The van der Waals surface area contributed by atoms with Gasteiger partial charge in [-0.25, -0.2) is 22.4 Å². The summed E-state index contributed by atoms with van der Waals surface area (Å²) in [6.45, 7) is -0.526. The number of carboxylic acid groups (broad SMARTS) is 1. The molecule has 0 unspecified atom stereocenters. The molecule has 8 heteroatoms. The van der Waals surface area contributed by atoms with Gasteiger partial charge in [0.15, 0.2) is 11.6 Å². The maximum absolute atomic E-state index is 14.8. The summed E-state index contributed by atoms with van der Waals surface area (Å²) in [7, 11) is 1.19. The summed E-state index contributed by atoms with van der Waals surface area (Å²) in [6, 6.07) is 4.06. The van der Waals surface area contributed by atoms with Crippen molar-refractivity contribution in [2.45, 2.75) is 6.61 Å². The van der Waals surface area contributed by atoms with Gasteiger partial charge in [-0.05, 0) is 24.3 Å². The Morgan fingerprint density at radius 3 is 2.52 bits per heavy atom. The van der Waals surface area contributed by atoms with Crippen LogP contribution in [-0.4, -0.2) is 18.2 Å². The zero-order valence-electron chi connectivity index (χ0n) is 12.7. The van der Waals surface area contributed by atoms with Crippen LogP contribution in [0.25, 0.3) is 21.2 Å². The molecule has 0 bridgehead atoms. The van der Waals surface area contributed by atoms with E-state index in [1.165, 1.54) is 13.2 Å². The lowest BCUT2D eigenvalue weighted by molar-refractivity contribution is 0.0703. The van der Waals surface area contributed by atoms with E-state index in [2.05, 4.69) is 4.74 Å². The minimum absolute atomic E-state index is 0.124. The van der Waals surface area contributed by atoms with E-state index in [0.29, 0.717) is 6.07 Å². The van der Waals surface area contributed by atoms with Gasteiger partial charge in [0.05, 0.1) is 12.2 Å². The Morgan fingerprint density at radius 1 is 1.16 bits per heavy atom. The second kappa shape index (κ2) is 6.45. The monoisotopic (exact) mass is 370 g/mol. The molecule has 0 saturated carbocycles. The van der Waals surface area contributed by atoms with Crippen LogP contribution in [0.4, 0.5) is 17.6 Å². The zero-order valence-corrected chi connectivity index (χ0v) is 13.5. The fourth-order valence-electron chi connectivity index (χ4n) is 2.60. The number of hydrogen-bond donors (Lipinski definition) is 1. The number of carbonyl (C=O) groups is 1. The van der Waals surface area contributed by atoms with Crippen LogP contribution in [0.15, 0.2) is 24.3 Å². The maximum atomic E-state index is 14.8. The number of thiophene rings is 1. The standard InChI is InChI=1S/C17H10F4O3S/c1-24-6-10-14(20)9(5-11(19)15(10)21)13-8-3-2-7(18)4-12(8)25-16(13)17(22)23/h2-5H,6H2,1H3,(H,22,23). The molecule has 1 aromatic heterocycles. The number of benzene rings is 2. The summed E-state index contributed by atoms with van der Waals surface area (Å²) < 4.78 is 60.9. The van der Waals surface area contributed by atoms with Crippen molar-refractivity contribution < 1.29 is 32.2 Å². The van der Waals surface area contributed by atoms with Crippen molar-refractivity contribution in [2.24, 2.45) is 0 Å². The molecule has 0 fully saturated rings. The third-order valence-electron chi connectivity index (χ3n) is 3.65. The van der Waals surface area contributed by atoms with Crippen molar-refractivity contribution in [3.63, 3.8) is 0 Å². The molecule has 130 valence electrons. The summed E-state index contributed by atoms with van der Waals surface area (Å²) in [6.07, 6.45) is 0. The predicted octanol–water partition coefficient (Wildman–Crippen LogP) is 4.97. The van der Waals surface area contributed by atoms with E-state index in [4.69, 9.17) is 0 Å². The lowest BCUT2D eigenvalue weighted by atomic mass is 9.98. The third kappa shape index (κ3) is 2.87. The van der Waals surface area contributed by atoms with Crippen LogP contribution in [0, 0.1) is 23.3 Å². The van der Waals surface area contributed by atoms with Crippen LogP contribution in [0.5, 0.6) is 0 Å². The van der Waals surface area contributed by atoms with Gasteiger partial charge in [-0.2, -0.15) is 0 Å². The van der Waals surface area contributed by atoms with Gasteiger partial charge >= 0.3 is 5.97 Å². The van der Waals surface area contributed by atoms with Crippen molar-refractivity contribution in [3.8, 4) is 11.1 Å². The van der Waals surface area contributed by atoms with Crippen molar-refractivity contribution in [1.82, 2.24) is 0 Å². The van der Waals surface area contributed by atoms with E-state index in [0.717, 1.165) is 23.5 Å². The zero-order chi connectivity index (χ0) is 18.3. The Labute approximate surface area is 143 Å². The Balaban J connectivity index is 2.40. The van der Waals surface area contributed by atoms with Crippen molar-refractivity contribution in [1.29, 1.82) is 0 Å². The fraction of sp³-hybridized carbons (Fsp3) is 0.118. The Morgan fingerprint density at radius 2 is 1.88 bits per heavy atom. The molecule has 3 nitrogen and oxygen atoms in total. The van der Waals surface area contributed by atoms with Crippen molar-refractivity contribution >= 4 is 27.4 Å². The molecule has 0 spiro atoms. The molecule has 0 aliphatic rings. The van der Waals surface area contributed by atoms with E-state index >= 15 is 0 Å². The van der Waals surface area contributed by atoms with Gasteiger partial charge in [0.2, 0.25) is 0 Å². The number of carboxylic acids is 1. The van der Waals surface area contributed by atoms with E-state index < -0.39 is 47.0 Å². The molecule has 2 aromatic carbocycles. The third-order valence-corrected chi connectivity index (χ3v) is 4.79. The highest BCUT2D eigenvalue weighted by atomic mass is 32.1. The summed E-state index contributed by atoms with van der Waals surface area (Å²) in [4.78, 5) is 11.2. The van der Waals surface area contributed by atoms with Gasteiger partial charge < -0.3 is 9.84 Å². The maximum Gasteiger partial charge on any atom is 0.346 e. The number of fused-ring (bicyclic) bond motifs is 1. The molecule has 25 heavy (non-hydrogen) atoms. The van der Waals surface area contributed by atoms with Gasteiger partial charge in [-0.1, -0.05) is 0 Å². The fourth-order valence-corrected chi connectivity index (χ4v) is 3.68. The molecule has 0 saturated heterocycles. The number of halogens is 4. The Hall–Kier alpha value is -2.45. The number of hydrogen-bond acceptors (Lipinski definition) is 3. The van der Waals surface area contributed by atoms with E-state index in [9.17, 15) is 27.5 Å². The molecule has 3 aromatic rings. The highest BCUT2D eigenvalue weighted by Crippen LogP contribution is 2.41. The minimum Gasteiger partial charge on any atom is -0.477 e. The summed E-state index contributed by atoms with van der Waals surface area (Å²) in [5.74, 6) is -5.82. The number of ether oxygens (including phenoxy) is 1. The van der Waals surface area contributed by atoms with Gasteiger partial charge in [0.25, 0.3) is 0 Å². The smallest absolute Gasteiger partial charge is 0.346 e. The predicted molar refractivity (Wildman–Crippen MR) is 84.8 cm³/mol. The van der Waals surface area contributed by atoms with Crippen LogP contribution in [-0.2, 0) is 11.3 Å². The van der Waals surface area contributed by atoms with Gasteiger partial charge in [-0.3, -0.25) is 0 Å². The first kappa shape index (κ1) is 17.4. The van der Waals surface area contributed by atoms with Gasteiger partial charge in [0, 0.05) is 28.3 Å². The summed E-state index contributed by atoms with van der Waals surface area (Å²) >= 11 is 0.725. The van der Waals surface area contributed by atoms with E-state index in [1.54, 1.807) is 0 Å². The quantitative estimate of drug-likeness (QED) is 0.521. The number of aromatic carboxylic acids is 1. The van der Waals surface area contributed by atoms with Crippen LogP contribution in [0.1, 0.15) is 15.2 Å². The molecule has 1 heterocycles. The molecule has 0 aliphatic carbocycles. The Bertz CT molecular complexity index is 997. The summed E-state index contributed by atoms with van der Waals surface area (Å²) in [5.41, 5.74) is -1.18. The molecule has 1 N–H and O–H groups in total. The second-order valence-electron chi connectivity index (χ2n) is 5.20. The van der Waals surface area contributed by atoms with E-state index in [-0.39, 0.29) is 20.5 Å². The summed E-state index contributed by atoms with van der Waals surface area (Å²) in [5, 5.41) is 9.62. The van der Waals surface area contributed by atoms with Crippen LogP contribution >= 0.6 is 11.3 Å². The SMILES string of the molecule is COCc1c(F)c(F)cc(-c2c(C(=O)O)sc3cc(F)ccc23)c1F. The van der Waals surface area contributed by atoms with Crippen LogP contribution < -0.4 is 0 Å². The highest BCUT2D eigenvalue weighted by molar-refractivity contribution is 7.21. The largest absolute Gasteiger partial charge is 0.477 e. The van der Waals surface area contributed by atoms with Crippen LogP contribution in [0.2, 0.25) is 0 Å². The van der Waals surface area contributed by atoms with Gasteiger partial charge in [0.1, 0.15) is 16.5 Å². The first-order chi connectivity index (χ1) is 11.8. The molecule has 0 radical (unpaired) electrons. The highest BCUT2D eigenvalue weighted by Gasteiger charge is 2.26. The molecule has 0 atom stereocenters. The minimum atomic E-state index is -1.40. The number of rotatable bonds is 4. The van der Waals surface area contributed by atoms with Crippen molar-refractivity contribution in [2.75, 3.05) is 7.11 Å². The molecule has 3 rings (SSSR count). The lowest BCUT2D eigenvalue weighted by Crippen LogP contribution is -2.04. The van der Waals surface area contributed by atoms with Crippen molar-refractivity contribution in [3.05, 3.63) is 58.0 Å². The average molecular weight is 370 g/mol. The van der Waals surface area contributed by atoms with E-state index in [1.807, 2.05) is 0 Å². The first-order valence-corrected chi connectivity index (χ1v) is 7.77. The average Bonchev–Trinajstić information content (AvgIpc) is 2.93. The van der Waals surface area contributed by atoms with Gasteiger partial charge in [-0.15, -0.1) is 11.3 Å². The topological polar surface area (TPSA) is 46.5 Å². The Kier molecular flexibility index (Phi) is 4.49. The molecule has 0 aliphatic heterocycles. The number of methoxy groups -OCH3 is 1.